The number of carboxylic acid groups (broad SMARTS) is 1. The van der Waals surface area contributed by atoms with Gasteiger partial charge in [0, 0.05) is 30.1 Å². The third-order valence-corrected chi connectivity index (χ3v) is 4.72. The molecule has 2 heterocycles. The van der Waals surface area contributed by atoms with Crippen molar-refractivity contribution in [2.45, 2.75) is 32.0 Å². The second kappa shape index (κ2) is 10.5. The number of rotatable bonds is 5. The number of carbonyl (C=O) groups excluding carboxylic acids is 1. The van der Waals surface area contributed by atoms with Gasteiger partial charge < -0.3 is 14.9 Å². The van der Waals surface area contributed by atoms with Gasteiger partial charge in [0.2, 0.25) is 11.8 Å². The zero-order valence-electron chi connectivity index (χ0n) is 16.2. The smallest absolute Gasteiger partial charge is 0.475 e. The molecule has 1 saturated heterocycles. The Balaban J connectivity index is 0.000000423. The zero-order valence-corrected chi connectivity index (χ0v) is 17.0. The van der Waals surface area contributed by atoms with Crippen LogP contribution >= 0.6 is 11.6 Å². The fraction of sp³-hybridized carbons (Fsp3) is 0.444. The number of piperazine rings is 1. The first-order valence-electron chi connectivity index (χ1n) is 9.09. The van der Waals surface area contributed by atoms with E-state index in [1.165, 1.54) is 6.07 Å². The molecule has 1 unspecified atom stereocenters. The van der Waals surface area contributed by atoms with Crippen LogP contribution in [0.4, 0.5) is 17.6 Å². The van der Waals surface area contributed by atoms with Crippen LogP contribution < -0.4 is 5.32 Å². The van der Waals surface area contributed by atoms with Crippen LogP contribution in [0.25, 0.3) is 0 Å². The number of hydrogen-bond acceptors (Lipinski definition) is 6. The monoisotopic (exact) mass is 466 g/mol. The number of carbonyl (C=O) groups is 2. The largest absolute Gasteiger partial charge is 0.490 e. The van der Waals surface area contributed by atoms with Gasteiger partial charge in [-0.15, -0.1) is 0 Å². The van der Waals surface area contributed by atoms with Crippen LogP contribution in [0.1, 0.15) is 24.2 Å². The van der Waals surface area contributed by atoms with Crippen molar-refractivity contribution < 1.29 is 36.8 Å². The molecule has 0 radical (unpaired) electrons. The third kappa shape index (κ3) is 6.89. The second-order valence-corrected chi connectivity index (χ2v) is 6.83. The van der Waals surface area contributed by atoms with E-state index in [2.05, 4.69) is 20.4 Å². The van der Waals surface area contributed by atoms with Crippen LogP contribution in [0.5, 0.6) is 0 Å². The summed E-state index contributed by atoms with van der Waals surface area (Å²) in [6.45, 7) is 4.21. The van der Waals surface area contributed by atoms with Gasteiger partial charge >= 0.3 is 12.1 Å². The van der Waals surface area contributed by atoms with Crippen LogP contribution in [-0.2, 0) is 22.4 Å². The fourth-order valence-corrected chi connectivity index (χ4v) is 3.06. The highest BCUT2D eigenvalue weighted by molar-refractivity contribution is 6.31. The highest BCUT2D eigenvalue weighted by atomic mass is 35.5. The van der Waals surface area contributed by atoms with Crippen LogP contribution in [0, 0.1) is 5.82 Å². The molecule has 1 fully saturated rings. The molecule has 3 rings (SSSR count). The predicted molar refractivity (Wildman–Crippen MR) is 100.0 cm³/mol. The molecule has 0 saturated carbocycles. The van der Waals surface area contributed by atoms with Crippen LogP contribution in [0.15, 0.2) is 22.7 Å². The number of halogens is 5. The van der Waals surface area contributed by atoms with Gasteiger partial charge in [-0.25, -0.2) is 9.18 Å². The number of nitrogens with zero attached hydrogens (tertiary/aromatic N) is 3. The molecular weight excluding hydrogens is 448 g/mol. The Labute approximate surface area is 179 Å². The van der Waals surface area contributed by atoms with Crippen molar-refractivity contribution in [3.05, 3.63) is 46.3 Å². The Morgan fingerprint density at radius 1 is 1.42 bits per heavy atom. The Morgan fingerprint density at radius 2 is 2.10 bits per heavy atom. The first-order chi connectivity index (χ1) is 14.5. The molecule has 1 aromatic heterocycles. The lowest BCUT2D eigenvalue weighted by Gasteiger charge is -2.33. The minimum Gasteiger partial charge on any atom is -0.475 e. The zero-order chi connectivity index (χ0) is 23.2. The summed E-state index contributed by atoms with van der Waals surface area (Å²) in [6.07, 6.45) is -4.61. The van der Waals surface area contributed by atoms with Crippen LogP contribution in [0.3, 0.4) is 0 Å². The lowest BCUT2D eigenvalue weighted by atomic mass is 10.1. The molecule has 0 spiro atoms. The predicted octanol–water partition coefficient (Wildman–Crippen LogP) is 2.45. The summed E-state index contributed by atoms with van der Waals surface area (Å²) >= 11 is 6.01. The molecule has 31 heavy (non-hydrogen) atoms. The van der Waals surface area contributed by atoms with E-state index in [0.29, 0.717) is 35.3 Å². The molecule has 0 aliphatic carbocycles. The maximum atomic E-state index is 13.8. The number of alkyl halides is 3. The maximum Gasteiger partial charge on any atom is 0.490 e. The highest BCUT2D eigenvalue weighted by Crippen LogP contribution is 2.21. The molecule has 2 N–H and O–H groups in total. The standard InChI is InChI=1S/C16H18ClFN4O2.C2HF3O2/c1-2-22-7-6-19-16(23)13(22)9-15-20-14(21-24-15)8-10-11(17)4-3-5-12(10)18;3-2(4,5)1(6)7/h3-5,13H,2,6-9H2,1H3,(H,19,23);(H,6,7). The minimum absolute atomic E-state index is 0.0417. The number of likely N-dealkylation sites (N-methyl/N-ethyl adjacent to an activating group) is 1. The molecule has 1 aromatic carbocycles. The number of benzene rings is 1. The van der Waals surface area contributed by atoms with E-state index in [1.54, 1.807) is 12.1 Å². The van der Waals surface area contributed by atoms with Gasteiger partial charge in [-0.1, -0.05) is 29.7 Å². The lowest BCUT2D eigenvalue weighted by molar-refractivity contribution is -0.192. The van der Waals surface area contributed by atoms with E-state index in [4.69, 9.17) is 26.0 Å². The van der Waals surface area contributed by atoms with E-state index in [0.717, 1.165) is 13.1 Å². The van der Waals surface area contributed by atoms with Gasteiger partial charge in [-0.2, -0.15) is 18.2 Å². The number of aliphatic carboxylic acids is 1. The second-order valence-electron chi connectivity index (χ2n) is 6.42. The number of nitrogens with one attached hydrogen (secondary N) is 1. The summed E-state index contributed by atoms with van der Waals surface area (Å²) in [5.74, 6) is -2.50. The van der Waals surface area contributed by atoms with Crippen molar-refractivity contribution >= 4 is 23.5 Å². The number of amides is 1. The molecule has 2 aromatic rings. The SMILES string of the molecule is CCN1CCNC(=O)C1Cc1nc(Cc2c(F)cccc2Cl)no1.O=C(O)C(F)(F)F. The number of aromatic nitrogens is 2. The molecule has 1 aliphatic rings. The Hall–Kier alpha value is -2.73. The minimum atomic E-state index is -5.08. The first kappa shape index (κ1) is 24.5. The van der Waals surface area contributed by atoms with E-state index in [-0.39, 0.29) is 18.4 Å². The fourth-order valence-electron chi connectivity index (χ4n) is 2.83. The molecule has 1 aliphatic heterocycles. The Kier molecular flexibility index (Phi) is 8.34. The summed E-state index contributed by atoms with van der Waals surface area (Å²) in [4.78, 5) is 27.3. The quantitative estimate of drug-likeness (QED) is 0.651. The average Bonchev–Trinajstić information content (AvgIpc) is 3.13. The molecule has 8 nitrogen and oxygen atoms in total. The molecule has 170 valence electrons. The third-order valence-electron chi connectivity index (χ3n) is 4.37. The Morgan fingerprint density at radius 3 is 2.68 bits per heavy atom. The highest BCUT2D eigenvalue weighted by Gasteiger charge is 2.38. The molecular formula is C18H19ClF4N4O4. The van der Waals surface area contributed by atoms with Crippen molar-refractivity contribution in [2.24, 2.45) is 0 Å². The van der Waals surface area contributed by atoms with E-state index in [9.17, 15) is 22.4 Å². The molecule has 13 heteroatoms. The van der Waals surface area contributed by atoms with E-state index in [1.807, 2.05) is 6.92 Å². The summed E-state index contributed by atoms with van der Waals surface area (Å²) in [5.41, 5.74) is 0.331. The van der Waals surface area contributed by atoms with Crippen LogP contribution in [-0.4, -0.2) is 63.9 Å². The van der Waals surface area contributed by atoms with Gasteiger partial charge in [0.1, 0.15) is 5.82 Å². The molecule has 0 bridgehead atoms. The van der Waals surface area contributed by atoms with Crippen molar-refractivity contribution in [3.63, 3.8) is 0 Å². The van der Waals surface area contributed by atoms with Crippen molar-refractivity contribution in [2.75, 3.05) is 19.6 Å². The van der Waals surface area contributed by atoms with E-state index >= 15 is 0 Å². The average molecular weight is 467 g/mol. The van der Waals surface area contributed by atoms with Crippen molar-refractivity contribution in [1.82, 2.24) is 20.4 Å². The summed E-state index contributed by atoms with van der Waals surface area (Å²) < 4.78 is 50.8. The van der Waals surface area contributed by atoms with Crippen molar-refractivity contribution in [3.8, 4) is 0 Å². The van der Waals surface area contributed by atoms with Gasteiger partial charge in [0.25, 0.3) is 0 Å². The summed E-state index contributed by atoms with van der Waals surface area (Å²) in [7, 11) is 0. The Bertz CT molecular complexity index is 902. The van der Waals surface area contributed by atoms with Gasteiger partial charge in [0.15, 0.2) is 5.82 Å². The van der Waals surface area contributed by atoms with Crippen LogP contribution in [0.2, 0.25) is 5.02 Å². The maximum absolute atomic E-state index is 13.8. The normalized spacial score (nSPS) is 17.0. The van der Waals surface area contributed by atoms with E-state index < -0.39 is 18.0 Å². The number of hydrogen-bond donors (Lipinski definition) is 2. The summed E-state index contributed by atoms with van der Waals surface area (Å²) in [6, 6.07) is 4.18. The first-order valence-corrected chi connectivity index (χ1v) is 9.47. The van der Waals surface area contributed by atoms with Crippen molar-refractivity contribution in [1.29, 1.82) is 0 Å². The molecule has 1 amide bonds. The van der Waals surface area contributed by atoms with Gasteiger partial charge in [-0.05, 0) is 18.7 Å². The number of carboxylic acids is 1. The molecule has 1 atom stereocenters. The summed E-state index contributed by atoms with van der Waals surface area (Å²) in [5, 5.41) is 14.2. The topological polar surface area (TPSA) is 109 Å². The van der Waals surface area contributed by atoms with Gasteiger partial charge in [0.05, 0.1) is 12.5 Å². The lowest BCUT2D eigenvalue weighted by Crippen LogP contribution is -2.55. The van der Waals surface area contributed by atoms with Gasteiger partial charge in [-0.3, -0.25) is 9.69 Å².